The van der Waals surface area contributed by atoms with Gasteiger partial charge in [0.15, 0.2) is 5.82 Å². The minimum atomic E-state index is -0.947. The van der Waals surface area contributed by atoms with E-state index in [1.165, 1.54) is 6.20 Å². The Hall–Kier alpha value is -1.34. The molecule has 0 spiro atoms. The van der Waals surface area contributed by atoms with Crippen LogP contribution in [0.2, 0.25) is 5.02 Å². The van der Waals surface area contributed by atoms with Crippen LogP contribution in [0.4, 0.5) is 4.39 Å². The molecule has 0 unspecified atom stereocenters. The summed E-state index contributed by atoms with van der Waals surface area (Å²) in [4.78, 5) is 10.9. The van der Waals surface area contributed by atoms with Gasteiger partial charge in [-0.05, 0) is 6.07 Å². The first-order valence-electron chi connectivity index (χ1n) is 3.07. The molecule has 1 aromatic rings. The maximum Gasteiger partial charge on any atom is 0.287 e. The Morgan fingerprint density at radius 3 is 3.00 bits per heavy atom. The Morgan fingerprint density at radius 2 is 2.42 bits per heavy atom. The van der Waals surface area contributed by atoms with Crippen molar-refractivity contribution in [3.8, 4) is 6.07 Å². The summed E-state index contributed by atoms with van der Waals surface area (Å²) in [5.41, 5.74) is -0.832. The van der Waals surface area contributed by atoms with Crippen LogP contribution >= 0.6 is 11.6 Å². The minimum absolute atomic E-state index is 0.0994. The van der Waals surface area contributed by atoms with Crippen molar-refractivity contribution in [3.05, 3.63) is 33.5 Å². The van der Waals surface area contributed by atoms with Crippen molar-refractivity contribution in [1.29, 1.82) is 5.26 Å². The van der Waals surface area contributed by atoms with Crippen LogP contribution in [0, 0.1) is 17.1 Å². The topological polar surface area (TPSA) is 45.8 Å². The molecular formula is C7H4ClFN2O. The third kappa shape index (κ3) is 1.63. The van der Waals surface area contributed by atoms with Crippen molar-refractivity contribution in [2.75, 3.05) is 0 Å². The molecule has 0 aromatic carbocycles. The molecule has 62 valence electrons. The summed E-state index contributed by atoms with van der Waals surface area (Å²) < 4.78 is 13.6. The number of pyridine rings is 1. The van der Waals surface area contributed by atoms with E-state index in [1.54, 1.807) is 6.07 Å². The molecule has 0 amide bonds. The monoisotopic (exact) mass is 186 g/mol. The van der Waals surface area contributed by atoms with Gasteiger partial charge >= 0.3 is 0 Å². The number of nitriles is 1. The van der Waals surface area contributed by atoms with Crippen LogP contribution in [0.5, 0.6) is 0 Å². The summed E-state index contributed by atoms with van der Waals surface area (Å²) in [7, 11) is 0. The van der Waals surface area contributed by atoms with E-state index >= 15 is 0 Å². The highest BCUT2D eigenvalue weighted by Crippen LogP contribution is 2.05. The predicted molar refractivity (Wildman–Crippen MR) is 41.3 cm³/mol. The average Bonchev–Trinajstić information content (AvgIpc) is 2.00. The van der Waals surface area contributed by atoms with E-state index < -0.39 is 11.4 Å². The number of rotatable bonds is 1. The highest BCUT2D eigenvalue weighted by atomic mass is 35.5. The van der Waals surface area contributed by atoms with E-state index in [1.807, 2.05) is 0 Å². The van der Waals surface area contributed by atoms with Gasteiger partial charge in [0.25, 0.3) is 5.56 Å². The number of aromatic nitrogens is 1. The lowest BCUT2D eigenvalue weighted by atomic mass is 10.4. The first kappa shape index (κ1) is 8.75. The van der Waals surface area contributed by atoms with Gasteiger partial charge in [-0.1, -0.05) is 11.6 Å². The molecule has 0 radical (unpaired) electrons. The van der Waals surface area contributed by atoms with Gasteiger partial charge < -0.3 is 0 Å². The van der Waals surface area contributed by atoms with E-state index in [2.05, 4.69) is 0 Å². The minimum Gasteiger partial charge on any atom is -0.298 e. The Bertz CT molecular complexity index is 393. The quantitative estimate of drug-likeness (QED) is 0.661. The van der Waals surface area contributed by atoms with Crippen LogP contribution < -0.4 is 5.56 Å². The first-order valence-corrected chi connectivity index (χ1v) is 3.45. The lowest BCUT2D eigenvalue weighted by Crippen LogP contribution is -2.21. The van der Waals surface area contributed by atoms with Gasteiger partial charge in [-0.25, -0.2) is 4.39 Å². The molecule has 0 N–H and O–H groups in total. The molecule has 0 saturated heterocycles. The van der Waals surface area contributed by atoms with Crippen LogP contribution in [0.3, 0.4) is 0 Å². The van der Waals surface area contributed by atoms with Crippen molar-refractivity contribution in [3.63, 3.8) is 0 Å². The van der Waals surface area contributed by atoms with Crippen molar-refractivity contribution in [2.45, 2.75) is 6.54 Å². The molecule has 1 rings (SSSR count). The zero-order chi connectivity index (χ0) is 9.14. The van der Waals surface area contributed by atoms with Crippen LogP contribution in [0.15, 0.2) is 17.1 Å². The summed E-state index contributed by atoms with van der Waals surface area (Å²) in [6.07, 6.45) is 1.22. The van der Waals surface area contributed by atoms with E-state index in [0.29, 0.717) is 0 Å². The molecule has 0 aliphatic carbocycles. The van der Waals surface area contributed by atoms with Gasteiger partial charge in [0.1, 0.15) is 6.54 Å². The lowest BCUT2D eigenvalue weighted by molar-refractivity contribution is 0.584. The summed E-state index contributed by atoms with van der Waals surface area (Å²) in [5, 5.41) is 8.35. The maximum atomic E-state index is 12.6. The number of hydrogen-bond acceptors (Lipinski definition) is 2. The number of hydrogen-bond donors (Lipinski definition) is 0. The Morgan fingerprint density at radius 1 is 1.75 bits per heavy atom. The molecule has 1 aromatic heterocycles. The standard InChI is InChI=1S/C7H4ClFN2O/c8-5-3-6(9)7(12)11(4-5)2-1-10/h3-4H,2H2. The van der Waals surface area contributed by atoms with Gasteiger partial charge in [-0.2, -0.15) is 5.26 Å². The molecule has 5 heteroatoms. The predicted octanol–water partition coefficient (Wildman–Crippen LogP) is 1.16. The molecule has 0 fully saturated rings. The second-order valence-electron chi connectivity index (χ2n) is 2.10. The second kappa shape index (κ2) is 3.37. The summed E-state index contributed by atoms with van der Waals surface area (Å²) in [6.45, 7) is -0.198. The molecule has 0 bridgehead atoms. The highest BCUT2D eigenvalue weighted by molar-refractivity contribution is 6.30. The van der Waals surface area contributed by atoms with E-state index in [4.69, 9.17) is 16.9 Å². The van der Waals surface area contributed by atoms with Crippen LogP contribution in [-0.2, 0) is 6.54 Å². The van der Waals surface area contributed by atoms with Crippen LogP contribution in [0.1, 0.15) is 0 Å². The largest absolute Gasteiger partial charge is 0.298 e. The zero-order valence-electron chi connectivity index (χ0n) is 5.92. The maximum absolute atomic E-state index is 12.6. The second-order valence-corrected chi connectivity index (χ2v) is 2.53. The molecule has 0 saturated carbocycles. The fraction of sp³-hybridized carbons (Fsp3) is 0.143. The Kier molecular flexibility index (Phi) is 2.46. The van der Waals surface area contributed by atoms with Gasteiger partial charge in [-0.15, -0.1) is 0 Å². The fourth-order valence-electron chi connectivity index (χ4n) is 0.758. The summed E-state index contributed by atoms with van der Waals surface area (Å²) >= 11 is 5.45. The molecule has 0 aliphatic rings. The van der Waals surface area contributed by atoms with Crippen molar-refractivity contribution in [2.24, 2.45) is 0 Å². The smallest absolute Gasteiger partial charge is 0.287 e. The summed E-state index contributed by atoms with van der Waals surface area (Å²) in [5.74, 6) is -0.947. The van der Waals surface area contributed by atoms with Crippen molar-refractivity contribution >= 4 is 11.6 Å². The van der Waals surface area contributed by atoms with Gasteiger partial charge in [-0.3, -0.25) is 9.36 Å². The third-order valence-corrected chi connectivity index (χ3v) is 1.46. The van der Waals surface area contributed by atoms with E-state index in [-0.39, 0.29) is 11.6 Å². The van der Waals surface area contributed by atoms with E-state index in [0.717, 1.165) is 10.6 Å². The first-order chi connectivity index (χ1) is 5.65. The van der Waals surface area contributed by atoms with Crippen LogP contribution in [-0.4, -0.2) is 4.57 Å². The Balaban J connectivity index is 3.30. The molecule has 12 heavy (non-hydrogen) atoms. The normalized spacial score (nSPS) is 9.42. The Labute approximate surface area is 72.6 Å². The SMILES string of the molecule is N#CCn1cc(Cl)cc(F)c1=O. The van der Waals surface area contributed by atoms with Crippen LogP contribution in [0.25, 0.3) is 0 Å². The molecule has 0 atom stereocenters. The van der Waals surface area contributed by atoms with Crippen molar-refractivity contribution < 1.29 is 4.39 Å². The van der Waals surface area contributed by atoms with E-state index in [9.17, 15) is 9.18 Å². The molecule has 0 aliphatic heterocycles. The average molecular weight is 187 g/mol. The summed E-state index contributed by atoms with van der Waals surface area (Å²) in [6, 6.07) is 2.63. The molecule has 1 heterocycles. The molecule has 3 nitrogen and oxygen atoms in total. The zero-order valence-corrected chi connectivity index (χ0v) is 6.68. The molecular weight excluding hydrogens is 183 g/mol. The third-order valence-electron chi connectivity index (χ3n) is 1.25. The van der Waals surface area contributed by atoms with Gasteiger partial charge in [0.2, 0.25) is 0 Å². The lowest BCUT2D eigenvalue weighted by Gasteiger charge is -1.99. The fourth-order valence-corrected chi connectivity index (χ4v) is 0.972. The number of nitrogens with zero attached hydrogens (tertiary/aromatic N) is 2. The van der Waals surface area contributed by atoms with Gasteiger partial charge in [0.05, 0.1) is 11.1 Å². The highest BCUT2D eigenvalue weighted by Gasteiger charge is 2.03. The van der Waals surface area contributed by atoms with Crippen molar-refractivity contribution in [1.82, 2.24) is 4.57 Å². The number of halogens is 2. The van der Waals surface area contributed by atoms with Gasteiger partial charge in [0, 0.05) is 6.20 Å².